The zero-order valence-electron chi connectivity index (χ0n) is 13.9. The van der Waals surface area contributed by atoms with Crippen molar-refractivity contribution in [1.29, 1.82) is 0 Å². The number of aromatic nitrogens is 3. The number of rotatable bonds is 3. The second-order valence-corrected chi connectivity index (χ2v) is 7.11. The Morgan fingerprint density at radius 1 is 1.23 bits per heavy atom. The summed E-state index contributed by atoms with van der Waals surface area (Å²) in [7, 11) is 0. The monoisotopic (exact) mass is 464 g/mol. The van der Waals surface area contributed by atoms with Crippen molar-refractivity contribution < 1.29 is 14.6 Å². The van der Waals surface area contributed by atoms with Crippen molar-refractivity contribution in [2.45, 2.75) is 6.61 Å². The number of nitrogens with zero attached hydrogens (tertiary/aromatic N) is 4. The largest absolute Gasteiger partial charge is 0.392 e. The normalized spacial score (nSPS) is 14.8. The van der Waals surface area contributed by atoms with Gasteiger partial charge in [-0.15, -0.1) is 0 Å². The number of hydrogen-bond donors (Lipinski definition) is 1. The number of halogens is 1. The number of hydrogen-bond acceptors (Lipinski definition) is 5. The summed E-state index contributed by atoms with van der Waals surface area (Å²) in [5.74, 6) is -0.0727. The second-order valence-electron chi connectivity index (χ2n) is 6.00. The summed E-state index contributed by atoms with van der Waals surface area (Å²) < 4.78 is 7.98. The van der Waals surface area contributed by atoms with Crippen LogP contribution in [0.25, 0.3) is 16.9 Å². The quantitative estimate of drug-likeness (QED) is 0.600. The van der Waals surface area contributed by atoms with E-state index >= 15 is 0 Å². The average molecular weight is 464 g/mol. The van der Waals surface area contributed by atoms with Crippen LogP contribution < -0.4 is 0 Å². The molecule has 1 saturated heterocycles. The molecular formula is C18H17IN4O3. The van der Waals surface area contributed by atoms with E-state index in [0.29, 0.717) is 37.4 Å². The summed E-state index contributed by atoms with van der Waals surface area (Å²) in [5, 5.41) is 14.4. The highest BCUT2D eigenvalue weighted by molar-refractivity contribution is 14.1. The third-order valence-corrected chi connectivity index (χ3v) is 5.16. The molecule has 0 spiro atoms. The van der Waals surface area contributed by atoms with Gasteiger partial charge in [0.15, 0.2) is 5.65 Å². The Bertz CT molecular complexity index is 966. The predicted octanol–water partition coefficient (Wildman–Crippen LogP) is 1.97. The molecule has 7 nitrogen and oxygen atoms in total. The molecule has 0 aliphatic carbocycles. The van der Waals surface area contributed by atoms with E-state index < -0.39 is 0 Å². The van der Waals surface area contributed by atoms with Gasteiger partial charge in [-0.1, -0.05) is 6.07 Å². The third-order valence-electron chi connectivity index (χ3n) is 4.42. The SMILES string of the molecule is O=C(c1ccc(-c2ccc3ncc(I)n3n2)cc1CO)N1CCOCC1. The van der Waals surface area contributed by atoms with E-state index in [9.17, 15) is 9.90 Å². The van der Waals surface area contributed by atoms with Crippen molar-refractivity contribution in [2.24, 2.45) is 0 Å². The van der Waals surface area contributed by atoms with E-state index in [2.05, 4.69) is 32.7 Å². The minimum Gasteiger partial charge on any atom is -0.392 e. The van der Waals surface area contributed by atoms with Crippen LogP contribution in [0, 0.1) is 3.70 Å². The van der Waals surface area contributed by atoms with Crippen LogP contribution in [-0.2, 0) is 11.3 Å². The zero-order chi connectivity index (χ0) is 18.1. The molecule has 0 saturated carbocycles. The van der Waals surface area contributed by atoms with Crippen LogP contribution in [0.3, 0.4) is 0 Å². The number of aliphatic hydroxyl groups is 1. The van der Waals surface area contributed by atoms with Crippen LogP contribution in [0.2, 0.25) is 0 Å². The Morgan fingerprint density at radius 2 is 2.04 bits per heavy atom. The fourth-order valence-electron chi connectivity index (χ4n) is 3.03. The van der Waals surface area contributed by atoms with E-state index in [-0.39, 0.29) is 12.5 Å². The molecule has 2 aromatic heterocycles. The molecular weight excluding hydrogens is 447 g/mol. The number of fused-ring (bicyclic) bond motifs is 1. The lowest BCUT2D eigenvalue weighted by molar-refractivity contribution is 0.0301. The molecule has 26 heavy (non-hydrogen) atoms. The van der Waals surface area contributed by atoms with E-state index in [1.807, 2.05) is 24.3 Å². The Labute approximate surface area is 163 Å². The number of imidazole rings is 1. The van der Waals surface area contributed by atoms with Gasteiger partial charge in [0.25, 0.3) is 5.91 Å². The molecule has 0 unspecified atom stereocenters. The fourth-order valence-corrected chi connectivity index (χ4v) is 3.52. The van der Waals surface area contributed by atoms with Gasteiger partial charge in [0.1, 0.15) is 3.70 Å². The van der Waals surface area contributed by atoms with Crippen molar-refractivity contribution in [3.05, 3.63) is 51.4 Å². The van der Waals surface area contributed by atoms with Gasteiger partial charge in [0.2, 0.25) is 0 Å². The number of benzene rings is 1. The summed E-state index contributed by atoms with van der Waals surface area (Å²) in [4.78, 5) is 18.8. The molecule has 4 rings (SSSR count). The predicted molar refractivity (Wildman–Crippen MR) is 104 cm³/mol. The van der Waals surface area contributed by atoms with Crippen molar-refractivity contribution in [1.82, 2.24) is 19.5 Å². The van der Waals surface area contributed by atoms with Crippen LogP contribution in [-0.4, -0.2) is 56.8 Å². The second kappa shape index (κ2) is 7.29. The third kappa shape index (κ3) is 3.19. The minimum absolute atomic E-state index is 0.0727. The number of ether oxygens (including phenoxy) is 1. The maximum absolute atomic E-state index is 12.7. The van der Waals surface area contributed by atoms with E-state index in [1.54, 1.807) is 21.7 Å². The average Bonchev–Trinajstić information content (AvgIpc) is 3.08. The molecule has 0 radical (unpaired) electrons. The molecule has 1 amide bonds. The number of morpholine rings is 1. The van der Waals surface area contributed by atoms with Gasteiger partial charge in [-0.2, -0.15) is 5.10 Å². The maximum Gasteiger partial charge on any atom is 0.254 e. The molecule has 3 aromatic rings. The van der Waals surface area contributed by atoms with E-state index in [0.717, 1.165) is 20.6 Å². The molecule has 1 N–H and O–H groups in total. The van der Waals surface area contributed by atoms with Crippen molar-refractivity contribution in [3.63, 3.8) is 0 Å². The zero-order valence-corrected chi connectivity index (χ0v) is 16.1. The van der Waals surface area contributed by atoms with Crippen LogP contribution in [0.15, 0.2) is 36.5 Å². The molecule has 1 aliphatic heterocycles. The first kappa shape index (κ1) is 17.4. The van der Waals surface area contributed by atoms with E-state index in [1.165, 1.54) is 0 Å². The van der Waals surface area contributed by atoms with Gasteiger partial charge < -0.3 is 14.7 Å². The molecule has 1 aromatic carbocycles. The fraction of sp³-hybridized carbons (Fsp3) is 0.278. The number of amides is 1. The Balaban J connectivity index is 1.69. The van der Waals surface area contributed by atoms with E-state index in [4.69, 9.17) is 4.74 Å². The lowest BCUT2D eigenvalue weighted by atomic mass is 10.0. The Morgan fingerprint density at radius 3 is 2.81 bits per heavy atom. The molecule has 0 bridgehead atoms. The maximum atomic E-state index is 12.7. The minimum atomic E-state index is -0.204. The van der Waals surface area contributed by atoms with Crippen molar-refractivity contribution >= 4 is 34.1 Å². The van der Waals surface area contributed by atoms with Gasteiger partial charge in [-0.25, -0.2) is 9.50 Å². The van der Waals surface area contributed by atoms with Crippen LogP contribution in [0.5, 0.6) is 0 Å². The smallest absolute Gasteiger partial charge is 0.254 e. The standard InChI is InChI=1S/C18H17IN4O3/c19-16-10-20-17-4-3-15(21-23(16)17)12-1-2-14(13(9-12)11-24)18(25)22-5-7-26-8-6-22/h1-4,9-10,24H,5-8,11H2. The number of carbonyl (C=O) groups excluding carboxylic acids is 1. The molecule has 1 fully saturated rings. The summed E-state index contributed by atoms with van der Waals surface area (Å²) >= 11 is 2.18. The number of aliphatic hydroxyl groups excluding tert-OH is 1. The first-order valence-electron chi connectivity index (χ1n) is 8.29. The first-order chi connectivity index (χ1) is 12.7. The molecule has 8 heteroatoms. The highest BCUT2D eigenvalue weighted by atomic mass is 127. The highest BCUT2D eigenvalue weighted by Gasteiger charge is 2.21. The lowest BCUT2D eigenvalue weighted by Gasteiger charge is -2.27. The lowest BCUT2D eigenvalue weighted by Crippen LogP contribution is -2.41. The van der Waals surface area contributed by atoms with Gasteiger partial charge >= 0.3 is 0 Å². The van der Waals surface area contributed by atoms with Crippen molar-refractivity contribution in [3.8, 4) is 11.3 Å². The number of carbonyl (C=O) groups is 1. The summed E-state index contributed by atoms with van der Waals surface area (Å²) in [6.07, 6.45) is 1.76. The van der Waals surface area contributed by atoms with Crippen molar-refractivity contribution in [2.75, 3.05) is 26.3 Å². The molecule has 1 aliphatic rings. The van der Waals surface area contributed by atoms with Crippen LogP contribution in [0.1, 0.15) is 15.9 Å². The van der Waals surface area contributed by atoms with Crippen LogP contribution >= 0.6 is 22.6 Å². The van der Waals surface area contributed by atoms with Gasteiger partial charge in [0, 0.05) is 24.2 Å². The van der Waals surface area contributed by atoms with Gasteiger partial charge in [0.05, 0.1) is 31.7 Å². The summed E-state index contributed by atoms with van der Waals surface area (Å²) in [6, 6.07) is 9.24. The molecule has 0 atom stereocenters. The van der Waals surface area contributed by atoms with Gasteiger partial charge in [-0.05, 0) is 52.4 Å². The van der Waals surface area contributed by atoms with Gasteiger partial charge in [-0.3, -0.25) is 4.79 Å². The van der Waals surface area contributed by atoms with Crippen LogP contribution in [0.4, 0.5) is 0 Å². The first-order valence-corrected chi connectivity index (χ1v) is 9.37. The topological polar surface area (TPSA) is 80.0 Å². The Hall–Kier alpha value is -2.04. The highest BCUT2D eigenvalue weighted by Crippen LogP contribution is 2.23. The molecule has 134 valence electrons. The molecule has 3 heterocycles. The Kier molecular flexibility index (Phi) is 4.88. The summed E-state index contributed by atoms with van der Waals surface area (Å²) in [6.45, 7) is 2.03. The summed E-state index contributed by atoms with van der Waals surface area (Å²) in [5.41, 5.74) is 3.50.